The second-order valence-electron chi connectivity index (χ2n) is 5.60. The van der Waals surface area contributed by atoms with Crippen molar-refractivity contribution in [3.05, 3.63) is 30.1 Å². The lowest BCUT2D eigenvalue weighted by molar-refractivity contribution is -0.191. The molecule has 0 N–H and O–H groups in total. The first-order valence-corrected chi connectivity index (χ1v) is 7.77. The van der Waals surface area contributed by atoms with E-state index in [-0.39, 0.29) is 0 Å². The molecule has 1 heterocycles. The monoisotopic (exact) mass is 381 g/mol. The number of rotatable bonds is 4. The van der Waals surface area contributed by atoms with Gasteiger partial charge in [0.05, 0.1) is 5.69 Å². The Morgan fingerprint density at radius 1 is 0.852 bits per heavy atom. The number of hydrogen-bond acceptors (Lipinski definition) is 8. The van der Waals surface area contributed by atoms with Crippen molar-refractivity contribution in [2.75, 3.05) is 4.90 Å². The van der Waals surface area contributed by atoms with Gasteiger partial charge in [0.2, 0.25) is 12.2 Å². The number of benzene rings is 1. The van der Waals surface area contributed by atoms with Crippen molar-refractivity contribution in [2.24, 2.45) is 0 Å². The van der Waals surface area contributed by atoms with Gasteiger partial charge in [-0.15, -0.1) is 0 Å². The molecule has 0 aromatic heterocycles. The Labute approximate surface area is 153 Å². The maximum atomic E-state index is 14.2. The van der Waals surface area contributed by atoms with E-state index in [0.29, 0.717) is 4.90 Å². The average molecular weight is 381 g/mol. The number of ether oxygens (including phenoxy) is 3. The van der Waals surface area contributed by atoms with Crippen LogP contribution in [0.4, 0.5) is 10.1 Å². The third-order valence-electron chi connectivity index (χ3n) is 3.51. The van der Waals surface area contributed by atoms with Crippen LogP contribution in [-0.2, 0) is 38.2 Å². The molecular formula is C17H16FNO8. The Balaban J connectivity index is 2.58. The molecule has 1 saturated heterocycles. The summed E-state index contributed by atoms with van der Waals surface area (Å²) >= 11 is 0. The fourth-order valence-electron chi connectivity index (χ4n) is 2.58. The quantitative estimate of drug-likeness (QED) is 0.420. The summed E-state index contributed by atoms with van der Waals surface area (Å²) in [6.07, 6.45) is -5.33. The van der Waals surface area contributed by atoms with E-state index in [4.69, 9.17) is 14.2 Å². The fourth-order valence-corrected chi connectivity index (χ4v) is 2.58. The van der Waals surface area contributed by atoms with Crippen molar-refractivity contribution in [3.63, 3.8) is 0 Å². The molecule has 1 aliphatic rings. The van der Waals surface area contributed by atoms with Gasteiger partial charge in [-0.25, -0.2) is 9.29 Å². The lowest BCUT2D eigenvalue weighted by Crippen LogP contribution is -2.65. The highest BCUT2D eigenvalue weighted by Crippen LogP contribution is 2.29. The molecule has 1 aromatic rings. The molecule has 27 heavy (non-hydrogen) atoms. The number of hydrogen-bond donors (Lipinski definition) is 0. The number of piperidine rings is 1. The first-order valence-electron chi connectivity index (χ1n) is 7.77. The van der Waals surface area contributed by atoms with Gasteiger partial charge < -0.3 is 14.2 Å². The molecule has 0 bridgehead atoms. The van der Waals surface area contributed by atoms with E-state index in [0.717, 1.165) is 32.9 Å². The number of halogens is 1. The number of nitrogens with zero attached hydrogens (tertiary/aromatic N) is 1. The standard InChI is InChI=1S/C17H16FNO8/c1-8(20)25-13-14(26-9(2)21)16(23)19(12-7-5-4-6-11(12)18)17(24)15(13)27-10(3)22/h4-7,13-15H,1-3H3/t14-,15-/m0/s1. The zero-order valence-electron chi connectivity index (χ0n) is 14.6. The van der Waals surface area contributed by atoms with Crippen LogP contribution in [0.1, 0.15) is 20.8 Å². The molecule has 2 rings (SSSR count). The lowest BCUT2D eigenvalue weighted by atomic mass is 9.98. The highest BCUT2D eigenvalue weighted by molar-refractivity contribution is 6.21. The average Bonchev–Trinajstić information content (AvgIpc) is 2.55. The van der Waals surface area contributed by atoms with Crippen LogP contribution in [0, 0.1) is 5.82 Å². The number of esters is 3. The SMILES string of the molecule is CC(=O)OC1[C@H](OC(C)=O)C(=O)N(c2ccccc2F)C(=O)[C@H]1OC(C)=O. The van der Waals surface area contributed by atoms with Crippen molar-refractivity contribution in [1.82, 2.24) is 0 Å². The van der Waals surface area contributed by atoms with Gasteiger partial charge in [0.15, 0.2) is 6.10 Å². The Hall–Kier alpha value is -3.30. The molecule has 0 spiro atoms. The molecule has 1 aliphatic heterocycles. The molecule has 2 atom stereocenters. The molecule has 0 aliphatic carbocycles. The van der Waals surface area contributed by atoms with Crippen LogP contribution in [0.25, 0.3) is 0 Å². The minimum absolute atomic E-state index is 0.399. The number of imide groups is 1. The van der Waals surface area contributed by atoms with Crippen molar-refractivity contribution >= 4 is 35.4 Å². The normalized spacial score (nSPS) is 20.2. The largest absolute Gasteiger partial charge is 0.453 e. The topological polar surface area (TPSA) is 116 Å². The number of carbonyl (C=O) groups is 5. The Morgan fingerprint density at radius 3 is 1.70 bits per heavy atom. The predicted molar refractivity (Wildman–Crippen MR) is 85.6 cm³/mol. The van der Waals surface area contributed by atoms with Crippen LogP contribution in [0.5, 0.6) is 0 Å². The summed E-state index contributed by atoms with van der Waals surface area (Å²) in [5.74, 6) is -5.95. The van der Waals surface area contributed by atoms with E-state index >= 15 is 0 Å². The van der Waals surface area contributed by atoms with E-state index < -0.39 is 59.5 Å². The molecule has 1 fully saturated rings. The van der Waals surface area contributed by atoms with Crippen LogP contribution < -0.4 is 4.90 Å². The molecule has 0 unspecified atom stereocenters. The molecule has 0 saturated carbocycles. The summed E-state index contributed by atoms with van der Waals surface area (Å²) in [5.41, 5.74) is -0.428. The lowest BCUT2D eigenvalue weighted by Gasteiger charge is -2.39. The summed E-state index contributed by atoms with van der Waals surface area (Å²) in [4.78, 5) is 60.2. The van der Waals surface area contributed by atoms with E-state index in [2.05, 4.69) is 0 Å². The molecule has 1 aromatic carbocycles. The minimum Gasteiger partial charge on any atom is -0.453 e. The summed E-state index contributed by atoms with van der Waals surface area (Å²) in [6.45, 7) is 2.97. The molecule has 144 valence electrons. The van der Waals surface area contributed by atoms with Gasteiger partial charge in [0.25, 0.3) is 11.8 Å². The van der Waals surface area contributed by atoms with E-state index in [1.54, 1.807) is 0 Å². The summed E-state index contributed by atoms with van der Waals surface area (Å²) in [7, 11) is 0. The third kappa shape index (κ3) is 4.27. The van der Waals surface area contributed by atoms with Crippen molar-refractivity contribution < 1.29 is 42.6 Å². The Bertz CT molecular complexity index is 772. The second kappa shape index (κ2) is 7.94. The Kier molecular flexibility index (Phi) is 5.88. The zero-order chi connectivity index (χ0) is 20.3. The van der Waals surface area contributed by atoms with Gasteiger partial charge in [0, 0.05) is 20.8 Å². The third-order valence-corrected chi connectivity index (χ3v) is 3.51. The Morgan fingerprint density at radius 2 is 1.30 bits per heavy atom. The van der Waals surface area contributed by atoms with Gasteiger partial charge in [0.1, 0.15) is 5.82 Å². The maximum absolute atomic E-state index is 14.2. The summed E-state index contributed by atoms with van der Waals surface area (Å²) < 4.78 is 28.9. The minimum atomic E-state index is -1.81. The van der Waals surface area contributed by atoms with Gasteiger partial charge in [-0.3, -0.25) is 24.0 Å². The van der Waals surface area contributed by atoms with Crippen molar-refractivity contribution in [1.29, 1.82) is 0 Å². The zero-order valence-corrected chi connectivity index (χ0v) is 14.6. The van der Waals surface area contributed by atoms with Crippen LogP contribution >= 0.6 is 0 Å². The van der Waals surface area contributed by atoms with Crippen LogP contribution in [-0.4, -0.2) is 48.0 Å². The molecule has 9 nitrogen and oxygen atoms in total. The van der Waals surface area contributed by atoms with Crippen LogP contribution in [0.2, 0.25) is 0 Å². The summed E-state index contributed by atoms with van der Waals surface area (Å²) in [6, 6.07) is 4.87. The van der Waals surface area contributed by atoms with Crippen molar-refractivity contribution in [3.8, 4) is 0 Å². The van der Waals surface area contributed by atoms with Gasteiger partial charge >= 0.3 is 17.9 Å². The molecule has 10 heteroatoms. The fraction of sp³-hybridized carbons (Fsp3) is 0.353. The number of para-hydroxylation sites is 1. The highest BCUT2D eigenvalue weighted by Gasteiger charge is 2.55. The van der Waals surface area contributed by atoms with Gasteiger partial charge in [-0.1, -0.05) is 12.1 Å². The van der Waals surface area contributed by atoms with Crippen LogP contribution in [0.15, 0.2) is 24.3 Å². The van der Waals surface area contributed by atoms with Gasteiger partial charge in [-0.2, -0.15) is 0 Å². The first kappa shape index (κ1) is 20.0. The van der Waals surface area contributed by atoms with Crippen LogP contribution in [0.3, 0.4) is 0 Å². The molecule has 0 radical (unpaired) electrons. The number of anilines is 1. The van der Waals surface area contributed by atoms with E-state index in [1.165, 1.54) is 12.1 Å². The highest BCUT2D eigenvalue weighted by atomic mass is 19.1. The maximum Gasteiger partial charge on any atom is 0.303 e. The smallest absolute Gasteiger partial charge is 0.303 e. The molecule has 2 amide bonds. The number of carbonyl (C=O) groups excluding carboxylic acids is 5. The second-order valence-corrected chi connectivity index (χ2v) is 5.60. The van der Waals surface area contributed by atoms with Crippen molar-refractivity contribution in [2.45, 2.75) is 39.1 Å². The van der Waals surface area contributed by atoms with Gasteiger partial charge in [-0.05, 0) is 12.1 Å². The molecular weight excluding hydrogens is 365 g/mol. The number of amides is 2. The first-order chi connectivity index (χ1) is 12.6. The summed E-state index contributed by atoms with van der Waals surface area (Å²) in [5, 5.41) is 0. The van der Waals surface area contributed by atoms with E-state index in [9.17, 15) is 28.4 Å². The predicted octanol–water partition coefficient (Wildman–Crippen LogP) is 0.494. The van der Waals surface area contributed by atoms with E-state index in [1.807, 2.05) is 0 Å².